The van der Waals surface area contributed by atoms with E-state index in [9.17, 15) is 14.7 Å². The van der Waals surface area contributed by atoms with Gasteiger partial charge in [-0.1, -0.05) is 24.4 Å². The van der Waals surface area contributed by atoms with Crippen LogP contribution in [-0.4, -0.2) is 31.2 Å². The molecule has 1 aliphatic rings. The quantitative estimate of drug-likeness (QED) is 0.859. The maximum absolute atomic E-state index is 12.5. The average Bonchev–Trinajstić information content (AvgIpc) is 2.55. The first-order valence-corrected chi connectivity index (χ1v) is 7.81. The molecule has 23 heavy (non-hydrogen) atoms. The second kappa shape index (κ2) is 7.55. The highest BCUT2D eigenvalue weighted by molar-refractivity contribution is 6.32. The van der Waals surface area contributed by atoms with Crippen molar-refractivity contribution in [2.45, 2.75) is 25.7 Å². The number of carboxylic acid groups (broad SMARTS) is 1. The summed E-state index contributed by atoms with van der Waals surface area (Å²) in [6, 6.07) is 3.11. The van der Waals surface area contributed by atoms with Gasteiger partial charge in [-0.3, -0.25) is 9.59 Å². The number of carbonyl (C=O) groups is 2. The molecule has 7 heteroatoms. The number of carbonyl (C=O) groups excluding carboxylic acids is 1. The summed E-state index contributed by atoms with van der Waals surface area (Å²) in [5, 5.41) is 12.4. The predicted molar refractivity (Wildman–Crippen MR) is 86.3 cm³/mol. The van der Waals surface area contributed by atoms with Crippen LogP contribution in [0.1, 0.15) is 25.7 Å². The third-order valence-electron chi connectivity index (χ3n) is 4.15. The van der Waals surface area contributed by atoms with Crippen molar-refractivity contribution in [1.82, 2.24) is 0 Å². The number of carboxylic acids is 1. The van der Waals surface area contributed by atoms with E-state index in [0.717, 1.165) is 12.8 Å². The molecule has 1 aliphatic carbocycles. The molecule has 0 bridgehead atoms. The minimum Gasteiger partial charge on any atom is -0.495 e. The molecule has 0 aromatic heterocycles. The van der Waals surface area contributed by atoms with Crippen LogP contribution in [0.25, 0.3) is 0 Å². The Kier molecular flexibility index (Phi) is 5.71. The van der Waals surface area contributed by atoms with Gasteiger partial charge < -0.3 is 19.9 Å². The van der Waals surface area contributed by atoms with Gasteiger partial charge in [0.25, 0.3) is 0 Å². The number of hydrogen-bond acceptors (Lipinski definition) is 4. The molecule has 0 spiro atoms. The van der Waals surface area contributed by atoms with E-state index >= 15 is 0 Å². The number of methoxy groups -OCH3 is 2. The molecular formula is C16H20ClNO5. The predicted octanol–water partition coefficient (Wildman–Crippen LogP) is 3.19. The summed E-state index contributed by atoms with van der Waals surface area (Å²) in [4.78, 5) is 23.9. The normalized spacial score (nSPS) is 20.7. The van der Waals surface area contributed by atoms with Crippen molar-refractivity contribution in [3.63, 3.8) is 0 Å². The first kappa shape index (κ1) is 17.4. The molecule has 0 heterocycles. The Morgan fingerprint density at radius 1 is 1.13 bits per heavy atom. The number of anilines is 1. The molecule has 1 saturated carbocycles. The zero-order valence-corrected chi connectivity index (χ0v) is 13.9. The summed E-state index contributed by atoms with van der Waals surface area (Å²) in [5.74, 6) is -1.64. The number of hydrogen-bond donors (Lipinski definition) is 2. The van der Waals surface area contributed by atoms with Crippen LogP contribution in [0.3, 0.4) is 0 Å². The van der Waals surface area contributed by atoms with Gasteiger partial charge in [0, 0.05) is 12.1 Å². The molecule has 1 amide bonds. The van der Waals surface area contributed by atoms with Crippen LogP contribution in [0.4, 0.5) is 5.69 Å². The average molecular weight is 342 g/mol. The molecule has 0 radical (unpaired) electrons. The van der Waals surface area contributed by atoms with Crippen LogP contribution >= 0.6 is 11.6 Å². The summed E-state index contributed by atoms with van der Waals surface area (Å²) < 4.78 is 10.4. The number of ether oxygens (including phenoxy) is 2. The Balaban J connectivity index is 2.23. The maximum atomic E-state index is 12.5. The zero-order chi connectivity index (χ0) is 17.0. The standard InChI is InChI=1S/C16H20ClNO5/c1-22-13-8-12(14(23-2)7-11(13)17)18-15(19)9-5-3-4-6-10(9)16(20)21/h7-10H,3-6H2,1-2H3,(H,18,19)(H,20,21)/t9-,10+/m0/s1. The second-order valence-electron chi connectivity index (χ2n) is 5.51. The first-order valence-electron chi connectivity index (χ1n) is 7.43. The van der Waals surface area contributed by atoms with Gasteiger partial charge in [0.1, 0.15) is 11.5 Å². The molecule has 2 rings (SSSR count). The van der Waals surface area contributed by atoms with E-state index < -0.39 is 17.8 Å². The van der Waals surface area contributed by atoms with Crippen LogP contribution < -0.4 is 14.8 Å². The summed E-state index contributed by atoms with van der Waals surface area (Å²) in [6.45, 7) is 0. The van der Waals surface area contributed by atoms with Crippen molar-refractivity contribution in [2.24, 2.45) is 11.8 Å². The van der Waals surface area contributed by atoms with Crippen molar-refractivity contribution < 1.29 is 24.2 Å². The fourth-order valence-corrected chi connectivity index (χ4v) is 3.15. The van der Waals surface area contributed by atoms with E-state index in [2.05, 4.69) is 5.32 Å². The number of nitrogens with one attached hydrogen (secondary N) is 1. The third kappa shape index (κ3) is 3.88. The van der Waals surface area contributed by atoms with Crippen LogP contribution in [0.15, 0.2) is 12.1 Å². The number of aliphatic carboxylic acids is 1. The Morgan fingerprint density at radius 2 is 1.74 bits per heavy atom. The first-order chi connectivity index (χ1) is 11.0. The van der Waals surface area contributed by atoms with E-state index in [4.69, 9.17) is 21.1 Å². The number of halogens is 1. The molecule has 0 aliphatic heterocycles. The lowest BCUT2D eigenvalue weighted by atomic mass is 9.78. The van der Waals surface area contributed by atoms with Gasteiger partial charge in [-0.2, -0.15) is 0 Å². The van der Waals surface area contributed by atoms with Crippen molar-refractivity contribution in [1.29, 1.82) is 0 Å². The highest BCUT2D eigenvalue weighted by Gasteiger charge is 2.36. The lowest BCUT2D eigenvalue weighted by Crippen LogP contribution is -2.36. The zero-order valence-electron chi connectivity index (χ0n) is 13.1. The van der Waals surface area contributed by atoms with Crippen molar-refractivity contribution >= 4 is 29.2 Å². The molecular weight excluding hydrogens is 322 g/mol. The van der Waals surface area contributed by atoms with E-state index in [0.29, 0.717) is 35.1 Å². The van der Waals surface area contributed by atoms with E-state index in [1.807, 2.05) is 0 Å². The minimum absolute atomic E-state index is 0.320. The summed E-state index contributed by atoms with van der Waals surface area (Å²) in [5.41, 5.74) is 0.411. The van der Waals surface area contributed by atoms with Crippen LogP contribution in [0, 0.1) is 11.8 Å². The summed E-state index contributed by atoms with van der Waals surface area (Å²) in [6.07, 6.45) is 2.77. The Bertz CT molecular complexity index is 604. The fourth-order valence-electron chi connectivity index (χ4n) is 2.92. The van der Waals surface area contributed by atoms with Gasteiger partial charge in [0.05, 0.1) is 36.8 Å². The Morgan fingerprint density at radius 3 is 2.30 bits per heavy atom. The van der Waals surface area contributed by atoms with Gasteiger partial charge in [-0.15, -0.1) is 0 Å². The maximum Gasteiger partial charge on any atom is 0.307 e. The molecule has 2 N–H and O–H groups in total. The number of amides is 1. The smallest absolute Gasteiger partial charge is 0.307 e. The molecule has 126 valence electrons. The van der Waals surface area contributed by atoms with Crippen molar-refractivity contribution in [3.05, 3.63) is 17.2 Å². The molecule has 1 aromatic carbocycles. The summed E-state index contributed by atoms with van der Waals surface area (Å²) >= 11 is 6.03. The Labute approximate surface area is 139 Å². The summed E-state index contributed by atoms with van der Waals surface area (Å²) in [7, 11) is 2.94. The van der Waals surface area contributed by atoms with Crippen molar-refractivity contribution in [2.75, 3.05) is 19.5 Å². The Hall–Kier alpha value is -1.95. The number of rotatable bonds is 5. The van der Waals surface area contributed by atoms with E-state index in [1.165, 1.54) is 14.2 Å². The molecule has 1 aromatic rings. The molecule has 6 nitrogen and oxygen atoms in total. The van der Waals surface area contributed by atoms with Crippen LogP contribution in [-0.2, 0) is 9.59 Å². The topological polar surface area (TPSA) is 84.9 Å². The van der Waals surface area contributed by atoms with Gasteiger partial charge >= 0.3 is 5.97 Å². The monoisotopic (exact) mass is 341 g/mol. The van der Waals surface area contributed by atoms with Gasteiger partial charge in [0.2, 0.25) is 5.91 Å². The van der Waals surface area contributed by atoms with Gasteiger partial charge in [-0.25, -0.2) is 0 Å². The minimum atomic E-state index is -0.925. The van der Waals surface area contributed by atoms with Crippen LogP contribution in [0.2, 0.25) is 5.02 Å². The molecule has 0 unspecified atom stereocenters. The fraction of sp³-hybridized carbons (Fsp3) is 0.500. The highest BCUT2D eigenvalue weighted by Crippen LogP contribution is 2.37. The van der Waals surface area contributed by atoms with E-state index in [1.54, 1.807) is 12.1 Å². The largest absolute Gasteiger partial charge is 0.495 e. The number of benzene rings is 1. The highest BCUT2D eigenvalue weighted by atomic mass is 35.5. The van der Waals surface area contributed by atoms with Gasteiger partial charge in [-0.05, 0) is 12.8 Å². The lowest BCUT2D eigenvalue weighted by Gasteiger charge is -2.27. The molecule has 1 fully saturated rings. The lowest BCUT2D eigenvalue weighted by molar-refractivity contribution is -0.147. The molecule has 0 saturated heterocycles. The second-order valence-corrected chi connectivity index (χ2v) is 5.92. The van der Waals surface area contributed by atoms with Crippen LogP contribution in [0.5, 0.6) is 11.5 Å². The SMILES string of the molecule is COc1cc(NC(=O)[C@H]2CCCC[C@H]2C(=O)O)c(OC)cc1Cl. The molecule has 2 atom stereocenters. The van der Waals surface area contributed by atoms with Crippen molar-refractivity contribution in [3.8, 4) is 11.5 Å². The van der Waals surface area contributed by atoms with E-state index in [-0.39, 0.29) is 5.91 Å². The third-order valence-corrected chi connectivity index (χ3v) is 4.45. The van der Waals surface area contributed by atoms with Gasteiger partial charge in [0.15, 0.2) is 0 Å².